The summed E-state index contributed by atoms with van der Waals surface area (Å²) in [6.07, 6.45) is 1.74. The Morgan fingerprint density at radius 2 is 1.81 bits per heavy atom. The molecule has 3 heteroatoms. The molecule has 0 saturated heterocycles. The molecule has 2 nitrogen and oxygen atoms in total. The molecule has 0 atom stereocenters. The van der Waals surface area contributed by atoms with Gasteiger partial charge < -0.3 is 4.42 Å². The molecule has 0 spiro atoms. The second-order valence-electron chi connectivity index (χ2n) is 4.78. The molecule has 0 unspecified atom stereocenters. The molecule has 0 fully saturated rings. The number of para-hydroxylation sites is 1. The predicted octanol–water partition coefficient (Wildman–Crippen LogP) is 5.77. The average molecular weight is 340 g/mol. The van der Waals surface area contributed by atoms with Gasteiger partial charge in [-0.3, -0.25) is 4.99 Å². The second-order valence-corrected chi connectivity index (χ2v) is 5.63. The van der Waals surface area contributed by atoms with Crippen LogP contribution in [0, 0.1) is 6.92 Å². The predicted molar refractivity (Wildman–Crippen MR) is 90.3 cm³/mol. The zero-order chi connectivity index (χ0) is 14.7. The largest absolute Gasteiger partial charge is 0.455 e. The quantitative estimate of drug-likeness (QED) is 0.556. The van der Waals surface area contributed by atoms with Crippen molar-refractivity contribution in [2.75, 3.05) is 0 Å². The van der Waals surface area contributed by atoms with Crippen molar-refractivity contribution >= 4 is 27.8 Å². The van der Waals surface area contributed by atoms with Crippen LogP contribution in [0.4, 0.5) is 5.69 Å². The molecule has 2 aromatic carbocycles. The Morgan fingerprint density at radius 3 is 2.57 bits per heavy atom. The minimum Gasteiger partial charge on any atom is -0.455 e. The third-order valence-electron chi connectivity index (χ3n) is 3.11. The highest BCUT2D eigenvalue weighted by atomic mass is 79.9. The molecule has 0 saturated carbocycles. The van der Waals surface area contributed by atoms with Crippen LogP contribution in [-0.2, 0) is 0 Å². The zero-order valence-electron chi connectivity index (χ0n) is 11.6. The lowest BCUT2D eigenvalue weighted by molar-refractivity contribution is 0.575. The van der Waals surface area contributed by atoms with E-state index in [-0.39, 0.29) is 0 Å². The Balaban J connectivity index is 1.85. The van der Waals surface area contributed by atoms with Crippen molar-refractivity contribution in [3.8, 4) is 11.3 Å². The van der Waals surface area contributed by atoms with Crippen LogP contribution in [0.3, 0.4) is 0 Å². The summed E-state index contributed by atoms with van der Waals surface area (Å²) in [6, 6.07) is 19.9. The number of hydrogen-bond donors (Lipinski definition) is 0. The van der Waals surface area contributed by atoms with Gasteiger partial charge in [-0.25, -0.2) is 0 Å². The van der Waals surface area contributed by atoms with Crippen LogP contribution in [0.1, 0.15) is 11.3 Å². The lowest BCUT2D eigenvalue weighted by Gasteiger charge is -2.01. The molecule has 21 heavy (non-hydrogen) atoms. The van der Waals surface area contributed by atoms with Crippen molar-refractivity contribution < 1.29 is 4.42 Å². The lowest BCUT2D eigenvalue weighted by atomic mass is 10.1. The maximum Gasteiger partial charge on any atom is 0.145 e. The first-order chi connectivity index (χ1) is 10.2. The smallest absolute Gasteiger partial charge is 0.145 e. The van der Waals surface area contributed by atoms with E-state index in [4.69, 9.17) is 4.42 Å². The van der Waals surface area contributed by atoms with Gasteiger partial charge in [-0.1, -0.05) is 40.2 Å². The van der Waals surface area contributed by atoms with Gasteiger partial charge >= 0.3 is 0 Å². The summed E-state index contributed by atoms with van der Waals surface area (Å²) in [5.41, 5.74) is 3.16. The highest BCUT2D eigenvalue weighted by molar-refractivity contribution is 9.10. The van der Waals surface area contributed by atoms with Crippen LogP contribution < -0.4 is 0 Å². The molecule has 0 amide bonds. The highest BCUT2D eigenvalue weighted by Crippen LogP contribution is 2.30. The molecule has 1 aromatic heterocycles. The summed E-state index contributed by atoms with van der Waals surface area (Å²) in [5, 5.41) is 0. The fourth-order valence-electron chi connectivity index (χ4n) is 2.04. The molecule has 0 N–H and O–H groups in total. The van der Waals surface area contributed by atoms with Crippen LogP contribution in [0.2, 0.25) is 0 Å². The van der Waals surface area contributed by atoms with Crippen LogP contribution in [-0.4, -0.2) is 6.21 Å². The van der Waals surface area contributed by atoms with Gasteiger partial charge in [0.05, 0.1) is 11.9 Å². The number of hydrogen-bond acceptors (Lipinski definition) is 2. The number of aryl methyl sites for hydroxylation is 1. The zero-order valence-corrected chi connectivity index (χ0v) is 13.2. The van der Waals surface area contributed by atoms with Crippen LogP contribution in [0.25, 0.3) is 11.3 Å². The van der Waals surface area contributed by atoms with Crippen molar-refractivity contribution in [1.29, 1.82) is 0 Å². The maximum atomic E-state index is 5.83. The van der Waals surface area contributed by atoms with E-state index >= 15 is 0 Å². The molecule has 0 aliphatic heterocycles. The fraction of sp³-hybridized carbons (Fsp3) is 0.0556. The van der Waals surface area contributed by atoms with Gasteiger partial charge in [0.25, 0.3) is 0 Å². The number of benzene rings is 2. The number of rotatable bonds is 3. The first-order valence-electron chi connectivity index (χ1n) is 6.68. The van der Waals surface area contributed by atoms with Crippen molar-refractivity contribution in [2.24, 2.45) is 4.99 Å². The first kappa shape index (κ1) is 13.8. The molecule has 3 rings (SSSR count). The van der Waals surface area contributed by atoms with E-state index in [0.29, 0.717) is 0 Å². The molecular formula is C18H14BrNO. The van der Waals surface area contributed by atoms with E-state index in [2.05, 4.69) is 46.0 Å². The number of halogens is 1. The maximum absolute atomic E-state index is 5.83. The van der Waals surface area contributed by atoms with Gasteiger partial charge in [-0.15, -0.1) is 0 Å². The monoisotopic (exact) mass is 339 g/mol. The third kappa shape index (κ3) is 3.31. The summed E-state index contributed by atoms with van der Waals surface area (Å²) in [7, 11) is 0. The summed E-state index contributed by atoms with van der Waals surface area (Å²) >= 11 is 3.58. The molecule has 0 aliphatic rings. The normalized spacial score (nSPS) is 11.1. The van der Waals surface area contributed by atoms with E-state index in [1.165, 1.54) is 5.56 Å². The summed E-state index contributed by atoms with van der Waals surface area (Å²) < 4.78 is 6.86. The molecule has 1 heterocycles. The van der Waals surface area contributed by atoms with Gasteiger partial charge in [-0.05, 0) is 48.9 Å². The van der Waals surface area contributed by atoms with E-state index in [0.717, 1.165) is 27.2 Å². The molecule has 3 aromatic rings. The molecular weight excluding hydrogens is 326 g/mol. The van der Waals surface area contributed by atoms with Gasteiger partial charge in [0.2, 0.25) is 0 Å². The Kier molecular flexibility index (Phi) is 4.02. The second kappa shape index (κ2) is 6.10. The van der Waals surface area contributed by atoms with Crippen molar-refractivity contribution in [2.45, 2.75) is 6.92 Å². The Labute approximate surface area is 132 Å². The van der Waals surface area contributed by atoms with Gasteiger partial charge in [-0.2, -0.15) is 0 Å². The Hall–Kier alpha value is -2.13. The number of aliphatic imine (C=N–C) groups is 1. The average Bonchev–Trinajstić information content (AvgIpc) is 2.95. The van der Waals surface area contributed by atoms with Gasteiger partial charge in [0.15, 0.2) is 0 Å². The van der Waals surface area contributed by atoms with Crippen LogP contribution in [0.5, 0.6) is 0 Å². The molecule has 0 bridgehead atoms. The van der Waals surface area contributed by atoms with Gasteiger partial charge in [0, 0.05) is 10.0 Å². The SMILES string of the molecule is Cc1ccc(-c2ccc(C=Nc3ccccc3)o2)c(Br)c1. The number of nitrogens with zero attached hydrogens (tertiary/aromatic N) is 1. The molecule has 0 aliphatic carbocycles. The van der Waals surface area contributed by atoms with Gasteiger partial charge in [0.1, 0.15) is 11.5 Å². The first-order valence-corrected chi connectivity index (χ1v) is 7.47. The minimum absolute atomic E-state index is 0.737. The van der Waals surface area contributed by atoms with Crippen molar-refractivity contribution in [3.63, 3.8) is 0 Å². The van der Waals surface area contributed by atoms with E-state index in [1.54, 1.807) is 6.21 Å². The van der Waals surface area contributed by atoms with E-state index in [1.807, 2.05) is 42.5 Å². The number of furan rings is 1. The van der Waals surface area contributed by atoms with Crippen molar-refractivity contribution in [1.82, 2.24) is 0 Å². The summed E-state index contributed by atoms with van der Waals surface area (Å²) in [6.45, 7) is 2.06. The van der Waals surface area contributed by atoms with E-state index < -0.39 is 0 Å². The summed E-state index contributed by atoms with van der Waals surface area (Å²) in [4.78, 5) is 4.39. The Morgan fingerprint density at radius 1 is 1.00 bits per heavy atom. The molecule has 104 valence electrons. The standard InChI is InChI=1S/C18H14BrNO/c1-13-7-9-16(17(19)11-13)18-10-8-15(21-18)12-20-14-5-3-2-4-6-14/h2-12H,1H3. The van der Waals surface area contributed by atoms with E-state index in [9.17, 15) is 0 Å². The summed E-state index contributed by atoms with van der Waals surface area (Å²) in [5.74, 6) is 1.57. The van der Waals surface area contributed by atoms with Crippen LogP contribution in [0.15, 0.2) is 74.5 Å². The Bertz CT molecular complexity index is 775. The fourth-order valence-corrected chi connectivity index (χ4v) is 2.73. The third-order valence-corrected chi connectivity index (χ3v) is 3.77. The van der Waals surface area contributed by atoms with Crippen LogP contribution >= 0.6 is 15.9 Å². The lowest BCUT2D eigenvalue weighted by Crippen LogP contribution is -1.79. The van der Waals surface area contributed by atoms with Crippen molar-refractivity contribution in [3.05, 3.63) is 76.5 Å². The highest BCUT2D eigenvalue weighted by Gasteiger charge is 2.07. The molecule has 0 radical (unpaired) electrons. The minimum atomic E-state index is 0.737. The topological polar surface area (TPSA) is 25.5 Å².